The number of nitrogens with zero attached hydrogens (tertiary/aromatic N) is 4. The third kappa shape index (κ3) is 4.65. The van der Waals surface area contributed by atoms with E-state index >= 15 is 0 Å². The molecule has 0 aliphatic carbocycles. The maximum atomic E-state index is 12.1. The Morgan fingerprint density at radius 2 is 1.89 bits per heavy atom. The molecule has 3 aromatic rings. The third-order valence-corrected chi connectivity index (χ3v) is 4.70. The van der Waals surface area contributed by atoms with E-state index in [1.165, 1.54) is 0 Å². The van der Waals surface area contributed by atoms with Crippen molar-refractivity contribution in [1.29, 1.82) is 0 Å². The van der Waals surface area contributed by atoms with E-state index in [4.69, 9.17) is 8.94 Å². The molecule has 1 saturated heterocycles. The zero-order chi connectivity index (χ0) is 19.3. The molecule has 0 saturated carbocycles. The summed E-state index contributed by atoms with van der Waals surface area (Å²) in [6, 6.07) is 11.7. The number of amides is 1. The van der Waals surface area contributed by atoms with E-state index in [2.05, 4.69) is 25.3 Å². The number of hydrogen-bond donors (Lipinski definition) is 1. The smallest absolute Gasteiger partial charge is 0.239 e. The minimum Gasteiger partial charge on any atom is -0.439 e. The summed E-state index contributed by atoms with van der Waals surface area (Å²) >= 11 is 0. The van der Waals surface area contributed by atoms with Gasteiger partial charge in [0.25, 0.3) is 0 Å². The van der Waals surface area contributed by atoms with Crippen LogP contribution >= 0.6 is 0 Å². The molecule has 1 aromatic carbocycles. The second kappa shape index (κ2) is 8.37. The summed E-state index contributed by atoms with van der Waals surface area (Å²) in [6.45, 7) is 6.16. The zero-order valence-corrected chi connectivity index (χ0v) is 15.8. The molecule has 0 unspecified atom stereocenters. The van der Waals surface area contributed by atoms with Gasteiger partial charge in [-0.05, 0) is 6.92 Å². The van der Waals surface area contributed by atoms with Gasteiger partial charge < -0.3 is 14.3 Å². The number of anilines is 1. The molecule has 8 nitrogen and oxygen atoms in total. The highest BCUT2D eigenvalue weighted by Crippen LogP contribution is 2.20. The predicted molar refractivity (Wildman–Crippen MR) is 104 cm³/mol. The van der Waals surface area contributed by atoms with Gasteiger partial charge in [-0.25, -0.2) is 4.98 Å². The average molecular weight is 381 g/mol. The quantitative estimate of drug-likeness (QED) is 0.701. The molecule has 1 fully saturated rings. The van der Waals surface area contributed by atoms with Crippen LogP contribution in [0.5, 0.6) is 0 Å². The van der Waals surface area contributed by atoms with E-state index in [1.807, 2.05) is 30.3 Å². The van der Waals surface area contributed by atoms with Crippen LogP contribution in [-0.2, 0) is 11.3 Å². The summed E-state index contributed by atoms with van der Waals surface area (Å²) in [4.78, 5) is 20.9. The molecule has 146 valence electrons. The standard InChI is InChI=1S/C20H23N5O3/c1-15-11-18(23-28-15)22-19(26)13-24-7-9-25(10-8-24)14-20-21-12-17(27-20)16-5-3-2-4-6-16/h2-6,11-12H,7-10,13-14H2,1H3,(H,22,23,26). The highest BCUT2D eigenvalue weighted by Gasteiger charge is 2.21. The summed E-state index contributed by atoms with van der Waals surface area (Å²) < 4.78 is 10.8. The number of hydrogen-bond acceptors (Lipinski definition) is 7. The molecule has 2 aromatic heterocycles. The van der Waals surface area contributed by atoms with Gasteiger partial charge >= 0.3 is 0 Å². The van der Waals surface area contributed by atoms with Crippen molar-refractivity contribution < 1.29 is 13.7 Å². The number of carbonyl (C=O) groups excluding carboxylic acids is 1. The molecule has 0 atom stereocenters. The second-order valence-electron chi connectivity index (χ2n) is 6.91. The molecule has 8 heteroatoms. The van der Waals surface area contributed by atoms with Crippen LogP contribution in [0, 0.1) is 6.92 Å². The van der Waals surface area contributed by atoms with Gasteiger partial charge in [-0.3, -0.25) is 14.6 Å². The van der Waals surface area contributed by atoms with E-state index in [9.17, 15) is 4.79 Å². The summed E-state index contributed by atoms with van der Waals surface area (Å²) in [6.07, 6.45) is 1.77. The maximum Gasteiger partial charge on any atom is 0.239 e. The molecule has 4 rings (SSSR count). The van der Waals surface area contributed by atoms with E-state index in [0.29, 0.717) is 30.6 Å². The lowest BCUT2D eigenvalue weighted by atomic mass is 10.2. The van der Waals surface area contributed by atoms with E-state index in [-0.39, 0.29) is 5.91 Å². The number of aromatic nitrogens is 2. The lowest BCUT2D eigenvalue weighted by molar-refractivity contribution is -0.117. The van der Waals surface area contributed by atoms with Gasteiger partial charge in [0.2, 0.25) is 11.8 Å². The first-order valence-corrected chi connectivity index (χ1v) is 9.34. The summed E-state index contributed by atoms with van der Waals surface area (Å²) in [5.41, 5.74) is 1.03. The topological polar surface area (TPSA) is 87.6 Å². The second-order valence-corrected chi connectivity index (χ2v) is 6.91. The van der Waals surface area contributed by atoms with Crippen LogP contribution in [0.15, 0.2) is 51.5 Å². The zero-order valence-electron chi connectivity index (χ0n) is 15.8. The summed E-state index contributed by atoms with van der Waals surface area (Å²) in [5.74, 6) is 2.55. The van der Waals surface area contributed by atoms with Crippen LogP contribution in [0.4, 0.5) is 5.82 Å². The van der Waals surface area contributed by atoms with Crippen molar-refractivity contribution in [2.24, 2.45) is 0 Å². The van der Waals surface area contributed by atoms with Crippen molar-refractivity contribution in [3.8, 4) is 11.3 Å². The van der Waals surface area contributed by atoms with Crippen molar-refractivity contribution in [2.45, 2.75) is 13.5 Å². The molecule has 1 N–H and O–H groups in total. The first-order chi connectivity index (χ1) is 13.7. The Bertz CT molecular complexity index is 913. The number of carbonyl (C=O) groups is 1. The summed E-state index contributed by atoms with van der Waals surface area (Å²) in [7, 11) is 0. The van der Waals surface area contributed by atoms with Crippen LogP contribution in [-0.4, -0.2) is 58.6 Å². The fourth-order valence-electron chi connectivity index (χ4n) is 3.23. The first-order valence-electron chi connectivity index (χ1n) is 9.34. The number of nitrogens with one attached hydrogen (secondary N) is 1. The molecule has 28 heavy (non-hydrogen) atoms. The third-order valence-electron chi connectivity index (χ3n) is 4.70. The summed E-state index contributed by atoms with van der Waals surface area (Å²) in [5, 5.41) is 6.54. The Morgan fingerprint density at radius 3 is 2.61 bits per heavy atom. The molecular formula is C20H23N5O3. The average Bonchev–Trinajstić information content (AvgIpc) is 3.33. The van der Waals surface area contributed by atoms with Crippen LogP contribution < -0.4 is 5.32 Å². The van der Waals surface area contributed by atoms with E-state index in [0.717, 1.165) is 37.5 Å². The van der Waals surface area contributed by atoms with E-state index < -0.39 is 0 Å². The Balaban J connectivity index is 1.23. The number of rotatable bonds is 6. The lowest BCUT2D eigenvalue weighted by Crippen LogP contribution is -2.48. The predicted octanol–water partition coefficient (Wildman–Crippen LogP) is 2.39. The molecule has 1 amide bonds. The van der Waals surface area contributed by atoms with Gasteiger partial charge in [0.15, 0.2) is 11.6 Å². The number of aryl methyl sites for hydroxylation is 1. The normalized spacial score (nSPS) is 15.6. The number of piperazine rings is 1. The Hall–Kier alpha value is -2.97. The SMILES string of the molecule is Cc1cc(NC(=O)CN2CCN(Cc3ncc(-c4ccccc4)o3)CC2)no1. The molecule has 1 aliphatic rings. The van der Waals surface area contributed by atoms with E-state index in [1.54, 1.807) is 19.2 Å². The minimum absolute atomic E-state index is 0.0815. The monoisotopic (exact) mass is 381 g/mol. The van der Waals surface area contributed by atoms with Gasteiger partial charge in [-0.2, -0.15) is 0 Å². The Kier molecular flexibility index (Phi) is 5.50. The van der Waals surface area contributed by atoms with Gasteiger partial charge in [-0.1, -0.05) is 35.5 Å². The van der Waals surface area contributed by atoms with Crippen molar-refractivity contribution in [2.75, 3.05) is 38.0 Å². The highest BCUT2D eigenvalue weighted by molar-refractivity contribution is 5.91. The van der Waals surface area contributed by atoms with Gasteiger partial charge in [0.1, 0.15) is 5.76 Å². The largest absolute Gasteiger partial charge is 0.439 e. The number of oxazole rings is 1. The minimum atomic E-state index is -0.0815. The molecule has 0 spiro atoms. The lowest BCUT2D eigenvalue weighted by Gasteiger charge is -2.33. The Morgan fingerprint density at radius 1 is 1.14 bits per heavy atom. The van der Waals surface area contributed by atoms with Crippen LogP contribution in [0.25, 0.3) is 11.3 Å². The molecule has 3 heterocycles. The van der Waals surface area contributed by atoms with Crippen LogP contribution in [0.1, 0.15) is 11.7 Å². The Labute approximate surface area is 163 Å². The van der Waals surface area contributed by atoms with Crippen molar-refractivity contribution in [3.05, 3.63) is 54.2 Å². The maximum absolute atomic E-state index is 12.1. The highest BCUT2D eigenvalue weighted by atomic mass is 16.5. The molecule has 1 aliphatic heterocycles. The molecule has 0 radical (unpaired) electrons. The fourth-order valence-corrected chi connectivity index (χ4v) is 3.23. The molecule has 0 bridgehead atoms. The van der Waals surface area contributed by atoms with Gasteiger partial charge in [-0.15, -0.1) is 0 Å². The van der Waals surface area contributed by atoms with Crippen LogP contribution in [0.3, 0.4) is 0 Å². The fraction of sp³-hybridized carbons (Fsp3) is 0.350. The molecular weight excluding hydrogens is 358 g/mol. The van der Waals surface area contributed by atoms with Crippen molar-refractivity contribution >= 4 is 11.7 Å². The first kappa shape index (κ1) is 18.4. The van der Waals surface area contributed by atoms with Gasteiger partial charge in [0, 0.05) is 37.8 Å². The van der Waals surface area contributed by atoms with Crippen molar-refractivity contribution in [1.82, 2.24) is 19.9 Å². The van der Waals surface area contributed by atoms with Gasteiger partial charge in [0.05, 0.1) is 19.3 Å². The van der Waals surface area contributed by atoms with Crippen LogP contribution in [0.2, 0.25) is 0 Å². The number of benzene rings is 1. The van der Waals surface area contributed by atoms with Crippen molar-refractivity contribution in [3.63, 3.8) is 0 Å².